The maximum atomic E-state index is 5.34. The zero-order chi connectivity index (χ0) is 8.97. The summed E-state index contributed by atoms with van der Waals surface area (Å²) in [5.41, 5.74) is 10.4. The van der Waals surface area contributed by atoms with Gasteiger partial charge < -0.3 is 5.73 Å². The maximum Gasteiger partial charge on any atom is 0.203 e. The topological polar surface area (TPSA) is 89.3 Å². The number of aryl methyl sites for hydroxylation is 1. The number of nitrogens with two attached hydrogens (primary N) is 2. The van der Waals surface area contributed by atoms with Crippen molar-refractivity contribution in [2.24, 2.45) is 16.6 Å². The van der Waals surface area contributed by atoms with Crippen molar-refractivity contribution in [1.82, 2.24) is 10.4 Å². The molecule has 0 unspecified atom stereocenters. The Balaban J connectivity index is 2.59. The van der Waals surface area contributed by atoms with Crippen molar-refractivity contribution < 1.29 is 0 Å². The van der Waals surface area contributed by atoms with Crippen LogP contribution in [0.1, 0.15) is 10.6 Å². The molecule has 1 rings (SSSR count). The van der Waals surface area contributed by atoms with Gasteiger partial charge in [0.05, 0.1) is 17.7 Å². The molecule has 0 aromatic carbocycles. The highest BCUT2D eigenvalue weighted by atomic mass is 32.1. The van der Waals surface area contributed by atoms with Gasteiger partial charge in [0, 0.05) is 4.88 Å². The van der Waals surface area contributed by atoms with Crippen molar-refractivity contribution in [2.75, 3.05) is 0 Å². The first kappa shape index (κ1) is 8.95. The lowest BCUT2D eigenvalue weighted by atomic mass is 10.4. The Morgan fingerprint density at radius 2 is 2.58 bits per heavy atom. The third-order valence-electron chi connectivity index (χ3n) is 1.39. The van der Waals surface area contributed by atoms with Crippen LogP contribution in [0.5, 0.6) is 0 Å². The van der Waals surface area contributed by atoms with Gasteiger partial charge in [-0.2, -0.15) is 0 Å². The smallest absolute Gasteiger partial charge is 0.203 e. The molecule has 0 saturated carbocycles. The molecule has 0 fully saturated rings. The molecule has 0 aliphatic heterocycles. The van der Waals surface area contributed by atoms with Crippen molar-refractivity contribution in [3.05, 3.63) is 16.1 Å². The number of hydrogen-bond donors (Lipinski definition) is 3. The van der Waals surface area contributed by atoms with E-state index in [1.165, 1.54) is 0 Å². The number of nitrogens with one attached hydrogen (secondary N) is 1. The lowest BCUT2D eigenvalue weighted by molar-refractivity contribution is 0.959. The van der Waals surface area contributed by atoms with E-state index in [1.807, 2.05) is 6.92 Å². The molecule has 0 bridgehead atoms. The molecule has 5 nitrogen and oxygen atoms in total. The van der Waals surface area contributed by atoms with E-state index >= 15 is 0 Å². The van der Waals surface area contributed by atoms with Crippen LogP contribution in [-0.2, 0) is 6.54 Å². The van der Waals surface area contributed by atoms with Crippen LogP contribution in [-0.4, -0.2) is 10.9 Å². The zero-order valence-corrected chi connectivity index (χ0v) is 7.56. The first-order valence-corrected chi connectivity index (χ1v) is 4.27. The van der Waals surface area contributed by atoms with Gasteiger partial charge in [-0.05, 0) is 6.92 Å². The number of nitrogens with zero attached hydrogens (tertiary/aromatic N) is 2. The Labute approximate surface area is 74.5 Å². The minimum absolute atomic E-state index is 0.239. The molecule has 0 aliphatic carbocycles. The molecule has 0 aliphatic rings. The number of rotatable bonds is 2. The van der Waals surface area contributed by atoms with Gasteiger partial charge in [-0.1, -0.05) is 0 Å². The fraction of sp³-hybridized carbons (Fsp3) is 0.333. The fourth-order valence-corrected chi connectivity index (χ4v) is 1.38. The third kappa shape index (κ3) is 2.18. The molecule has 1 aromatic rings. The molecule has 1 heterocycles. The predicted octanol–water partition coefficient (Wildman–Crippen LogP) is -0.270. The van der Waals surface area contributed by atoms with Gasteiger partial charge in [-0.25, -0.2) is 15.8 Å². The molecule has 0 amide bonds. The predicted molar refractivity (Wildman–Crippen MR) is 49.5 cm³/mol. The van der Waals surface area contributed by atoms with E-state index in [1.54, 1.807) is 16.8 Å². The summed E-state index contributed by atoms with van der Waals surface area (Å²) >= 11 is 1.56. The van der Waals surface area contributed by atoms with Crippen molar-refractivity contribution in [2.45, 2.75) is 13.5 Å². The first-order valence-electron chi connectivity index (χ1n) is 3.39. The second-order valence-electron chi connectivity index (χ2n) is 2.21. The molecule has 66 valence electrons. The quantitative estimate of drug-likeness (QED) is 0.256. The summed E-state index contributed by atoms with van der Waals surface area (Å²) in [6.07, 6.45) is 0. The first-order chi connectivity index (χ1) is 5.74. The van der Waals surface area contributed by atoms with Crippen LogP contribution in [0.2, 0.25) is 0 Å². The molecule has 0 saturated heterocycles. The van der Waals surface area contributed by atoms with Gasteiger partial charge >= 0.3 is 0 Å². The summed E-state index contributed by atoms with van der Waals surface area (Å²) in [4.78, 5) is 9.16. The zero-order valence-electron chi connectivity index (χ0n) is 6.74. The SMILES string of the molecule is Cc1ncsc1CN=C(N)NN. The third-order valence-corrected chi connectivity index (χ3v) is 2.31. The van der Waals surface area contributed by atoms with Crippen molar-refractivity contribution in [3.8, 4) is 0 Å². The van der Waals surface area contributed by atoms with E-state index in [0.29, 0.717) is 6.54 Å². The van der Waals surface area contributed by atoms with Crippen LogP contribution >= 0.6 is 11.3 Å². The number of thiazole rings is 1. The average Bonchev–Trinajstić information content (AvgIpc) is 2.47. The highest BCUT2D eigenvalue weighted by Crippen LogP contribution is 2.12. The van der Waals surface area contributed by atoms with E-state index in [-0.39, 0.29) is 5.96 Å². The lowest BCUT2D eigenvalue weighted by Gasteiger charge is -1.96. The van der Waals surface area contributed by atoms with E-state index in [2.05, 4.69) is 15.4 Å². The van der Waals surface area contributed by atoms with Crippen molar-refractivity contribution in [3.63, 3.8) is 0 Å². The summed E-state index contributed by atoms with van der Waals surface area (Å²) in [6, 6.07) is 0. The van der Waals surface area contributed by atoms with Crippen molar-refractivity contribution >= 4 is 17.3 Å². The van der Waals surface area contributed by atoms with E-state index in [9.17, 15) is 0 Å². The minimum atomic E-state index is 0.239. The van der Waals surface area contributed by atoms with E-state index in [4.69, 9.17) is 11.6 Å². The Kier molecular flexibility index (Phi) is 3.01. The Bertz CT molecular complexity index is 279. The second kappa shape index (κ2) is 4.03. The molecular formula is C6H11N5S. The highest BCUT2D eigenvalue weighted by molar-refractivity contribution is 7.09. The normalized spacial score (nSPS) is 11.7. The molecule has 1 aromatic heterocycles. The molecular weight excluding hydrogens is 174 g/mol. The second-order valence-corrected chi connectivity index (χ2v) is 3.15. The van der Waals surface area contributed by atoms with Gasteiger partial charge in [0.15, 0.2) is 0 Å². The molecule has 6 heteroatoms. The Morgan fingerprint density at radius 1 is 1.83 bits per heavy atom. The minimum Gasteiger partial charge on any atom is -0.369 e. The van der Waals surface area contributed by atoms with Gasteiger partial charge in [0.1, 0.15) is 0 Å². The standard InChI is InChI=1S/C6H11N5S/c1-4-5(12-3-10-4)2-9-6(7)11-8/h3H,2,8H2,1H3,(H3,7,9,11). The number of hydrazine groups is 1. The molecule has 5 N–H and O–H groups in total. The molecule has 0 atom stereocenters. The molecule has 0 radical (unpaired) electrons. The number of hydrogen-bond acceptors (Lipinski definition) is 4. The Morgan fingerprint density at radius 3 is 3.08 bits per heavy atom. The largest absolute Gasteiger partial charge is 0.369 e. The summed E-state index contributed by atoms with van der Waals surface area (Å²) in [7, 11) is 0. The van der Waals surface area contributed by atoms with Gasteiger partial charge in [0.2, 0.25) is 5.96 Å². The Hall–Kier alpha value is -1.14. The van der Waals surface area contributed by atoms with Crippen LogP contribution in [0.3, 0.4) is 0 Å². The fourth-order valence-electron chi connectivity index (χ4n) is 0.681. The van der Waals surface area contributed by atoms with E-state index < -0.39 is 0 Å². The average molecular weight is 185 g/mol. The number of guanidine groups is 1. The van der Waals surface area contributed by atoms with Crippen LogP contribution in [0.15, 0.2) is 10.5 Å². The summed E-state index contributed by atoms with van der Waals surface area (Å²) in [6.45, 7) is 2.47. The number of aromatic nitrogens is 1. The summed E-state index contributed by atoms with van der Waals surface area (Å²) in [5, 5.41) is 0. The van der Waals surface area contributed by atoms with Gasteiger partial charge in [-0.3, -0.25) is 5.43 Å². The van der Waals surface area contributed by atoms with Crippen LogP contribution in [0.25, 0.3) is 0 Å². The molecule has 12 heavy (non-hydrogen) atoms. The van der Waals surface area contributed by atoms with E-state index in [0.717, 1.165) is 10.6 Å². The van der Waals surface area contributed by atoms with Gasteiger partial charge in [-0.15, -0.1) is 11.3 Å². The summed E-state index contributed by atoms with van der Waals surface area (Å²) in [5.74, 6) is 5.27. The molecule has 0 spiro atoms. The summed E-state index contributed by atoms with van der Waals surface area (Å²) < 4.78 is 0. The van der Waals surface area contributed by atoms with Crippen molar-refractivity contribution in [1.29, 1.82) is 0 Å². The monoisotopic (exact) mass is 185 g/mol. The highest BCUT2D eigenvalue weighted by Gasteiger charge is 1.98. The van der Waals surface area contributed by atoms with Crippen LogP contribution in [0.4, 0.5) is 0 Å². The maximum absolute atomic E-state index is 5.34. The lowest BCUT2D eigenvalue weighted by Crippen LogP contribution is -2.37. The number of aliphatic imine (C=N–C) groups is 1. The van der Waals surface area contributed by atoms with Gasteiger partial charge in [0.25, 0.3) is 0 Å². The van der Waals surface area contributed by atoms with Crippen LogP contribution in [0, 0.1) is 6.92 Å². The van der Waals surface area contributed by atoms with Crippen LogP contribution < -0.4 is 17.0 Å².